The highest BCUT2D eigenvalue weighted by molar-refractivity contribution is 7.19. The lowest BCUT2D eigenvalue weighted by atomic mass is 10.0. The van der Waals surface area contributed by atoms with E-state index in [2.05, 4.69) is 181 Å². The average Bonchev–Trinajstić information content (AvgIpc) is 3.71. The minimum atomic E-state index is -2.76. The van der Waals surface area contributed by atoms with Gasteiger partial charge in [-0.3, -0.25) is 0 Å². The van der Waals surface area contributed by atoms with E-state index in [9.17, 15) is 0 Å². The molecule has 1 aromatic heterocycles. The molecule has 1 heterocycles. The topological polar surface area (TPSA) is 16.4 Å². The van der Waals surface area contributed by atoms with E-state index in [1.54, 1.807) is 6.07 Å². The third-order valence-corrected chi connectivity index (χ3v) is 16.1. The molecular weight excluding hydrogens is 726 g/mol. The molecule has 276 valence electrons. The summed E-state index contributed by atoms with van der Waals surface area (Å²) in [6.07, 6.45) is 0. The van der Waals surface area contributed by atoms with Crippen molar-refractivity contribution < 1.29 is 8.81 Å². The van der Waals surface area contributed by atoms with Crippen LogP contribution in [0.3, 0.4) is 0 Å². The summed E-state index contributed by atoms with van der Waals surface area (Å²) in [4.78, 5) is 2.20. The maximum absolute atomic E-state index is 16.2. The van der Waals surface area contributed by atoms with Gasteiger partial charge in [-0.15, -0.1) is 0 Å². The highest BCUT2D eigenvalue weighted by Crippen LogP contribution is 2.45. The molecule has 0 spiro atoms. The summed E-state index contributed by atoms with van der Waals surface area (Å²) in [5, 5.41) is 6.41. The van der Waals surface area contributed by atoms with Crippen molar-refractivity contribution in [2.24, 2.45) is 0 Å². The fourth-order valence-electron chi connectivity index (χ4n) is 8.65. The van der Waals surface area contributed by atoms with Crippen molar-refractivity contribution >= 4 is 67.8 Å². The molecule has 2 nitrogen and oxygen atoms in total. The van der Waals surface area contributed by atoms with Crippen molar-refractivity contribution in [1.29, 1.82) is 0 Å². The molecule has 0 aliphatic carbocycles. The molecule has 0 saturated heterocycles. The normalized spacial score (nSPS) is 11.5. The second-order valence-corrected chi connectivity index (χ2v) is 18.4. The van der Waals surface area contributed by atoms with Crippen molar-refractivity contribution in [2.45, 2.75) is 0 Å². The summed E-state index contributed by atoms with van der Waals surface area (Å²) in [6.45, 7) is 0. The zero-order chi connectivity index (χ0) is 38.9. The number of benzene rings is 9. The third-order valence-electron chi connectivity index (χ3n) is 11.3. The van der Waals surface area contributed by atoms with E-state index in [0.29, 0.717) is 16.6 Å². The van der Waals surface area contributed by atoms with Crippen LogP contribution in [0.1, 0.15) is 0 Å². The van der Waals surface area contributed by atoms with E-state index >= 15 is 4.39 Å². The molecule has 0 aliphatic rings. The Bertz CT molecular complexity index is 2870. The highest BCUT2D eigenvalue weighted by Gasteiger charge is 2.41. The maximum Gasteiger partial charge on any atom is 0.179 e. The number of furan rings is 1. The third kappa shape index (κ3) is 6.03. The molecule has 0 saturated carbocycles. The van der Waals surface area contributed by atoms with E-state index in [1.165, 1.54) is 20.7 Å². The Morgan fingerprint density at radius 3 is 1.34 bits per heavy atom. The highest BCUT2D eigenvalue weighted by atomic mass is 28.3. The number of rotatable bonds is 9. The largest absolute Gasteiger partial charge is 0.453 e. The molecule has 0 fully saturated rings. The summed E-state index contributed by atoms with van der Waals surface area (Å²) in [7, 11) is -2.76. The zero-order valence-electron chi connectivity index (χ0n) is 31.7. The maximum atomic E-state index is 16.2. The van der Waals surface area contributed by atoms with Gasteiger partial charge in [-0.25, -0.2) is 4.39 Å². The van der Waals surface area contributed by atoms with E-state index in [1.807, 2.05) is 48.5 Å². The lowest BCUT2D eigenvalue weighted by Gasteiger charge is -2.35. The first-order valence-electron chi connectivity index (χ1n) is 19.6. The molecule has 0 amide bonds. The zero-order valence-corrected chi connectivity index (χ0v) is 32.7. The molecule has 0 aliphatic heterocycles. The summed E-state index contributed by atoms with van der Waals surface area (Å²) >= 11 is 0. The Morgan fingerprint density at radius 1 is 0.362 bits per heavy atom. The van der Waals surface area contributed by atoms with E-state index in [-0.39, 0.29) is 5.82 Å². The van der Waals surface area contributed by atoms with Gasteiger partial charge < -0.3 is 9.32 Å². The first-order valence-corrected chi connectivity index (χ1v) is 21.6. The van der Waals surface area contributed by atoms with E-state index < -0.39 is 8.07 Å². The summed E-state index contributed by atoms with van der Waals surface area (Å²) in [6, 6.07) is 80.3. The quantitative estimate of drug-likeness (QED) is 0.108. The standard InChI is InChI=1S/C54H38FNOSi/c55-50-37-38-51(54-52(50)49-28-16-27-48(53(49)57-54)41-19-8-2-9-20-41)56(42-31-29-40(30-32-42)39-17-6-1-7-18-39)43-33-35-47(36-34-43)58(44-21-10-3-11-22-44,45-23-12-4-13-24-45)46-25-14-5-15-26-46/h1-38H. The first-order chi connectivity index (χ1) is 28.7. The van der Waals surface area contributed by atoms with Crippen LogP contribution in [-0.4, -0.2) is 8.07 Å². The monoisotopic (exact) mass is 763 g/mol. The van der Waals surface area contributed by atoms with Gasteiger partial charge >= 0.3 is 0 Å². The number of fused-ring (bicyclic) bond motifs is 3. The molecule has 0 unspecified atom stereocenters. The number of halogens is 1. The van der Waals surface area contributed by atoms with Crippen LogP contribution in [0, 0.1) is 5.82 Å². The fourth-order valence-corrected chi connectivity index (χ4v) is 13.4. The molecule has 9 aromatic carbocycles. The number of nitrogens with zero attached hydrogens (tertiary/aromatic N) is 1. The molecule has 10 aromatic rings. The van der Waals surface area contributed by atoms with Crippen LogP contribution >= 0.6 is 0 Å². The van der Waals surface area contributed by atoms with Crippen molar-refractivity contribution in [3.05, 3.63) is 236 Å². The average molecular weight is 764 g/mol. The SMILES string of the molecule is Fc1ccc(N(c2ccc(-c3ccccc3)cc2)c2ccc([Si](c3ccccc3)(c3ccccc3)c3ccccc3)cc2)c2oc3c(-c4ccccc4)cccc3c12. The van der Waals surface area contributed by atoms with Crippen LogP contribution < -0.4 is 25.6 Å². The molecule has 0 N–H and O–H groups in total. The van der Waals surface area contributed by atoms with Crippen molar-refractivity contribution in [3.8, 4) is 22.3 Å². The Hall–Kier alpha value is -7.27. The number of para-hydroxylation sites is 1. The Labute approximate surface area is 338 Å². The smallest absolute Gasteiger partial charge is 0.179 e. The Balaban J connectivity index is 1.19. The molecular formula is C54H38FNOSi. The number of hydrogen-bond acceptors (Lipinski definition) is 2. The summed E-state index contributed by atoms with van der Waals surface area (Å²) < 4.78 is 23.0. The Morgan fingerprint density at radius 2 is 0.810 bits per heavy atom. The van der Waals surface area contributed by atoms with Gasteiger partial charge in [-0.1, -0.05) is 194 Å². The van der Waals surface area contributed by atoms with Crippen LogP contribution in [0.15, 0.2) is 235 Å². The second-order valence-electron chi connectivity index (χ2n) is 14.6. The molecule has 4 heteroatoms. The lowest BCUT2D eigenvalue weighted by molar-refractivity contribution is 0.634. The molecule has 0 bridgehead atoms. The minimum Gasteiger partial charge on any atom is -0.453 e. The van der Waals surface area contributed by atoms with Crippen molar-refractivity contribution in [3.63, 3.8) is 0 Å². The number of hydrogen-bond donors (Lipinski definition) is 0. The molecule has 10 rings (SSSR count). The van der Waals surface area contributed by atoms with Crippen molar-refractivity contribution in [2.75, 3.05) is 4.90 Å². The van der Waals surface area contributed by atoms with Crippen LogP contribution in [0.25, 0.3) is 44.2 Å². The van der Waals surface area contributed by atoms with E-state index in [4.69, 9.17) is 4.42 Å². The van der Waals surface area contributed by atoms with Gasteiger partial charge in [0.15, 0.2) is 13.7 Å². The molecule has 0 atom stereocenters. The Kier molecular flexibility index (Phi) is 9.09. The lowest BCUT2D eigenvalue weighted by Crippen LogP contribution is -2.74. The summed E-state index contributed by atoms with van der Waals surface area (Å²) in [5.74, 6) is -0.318. The summed E-state index contributed by atoms with van der Waals surface area (Å²) in [5.41, 5.74) is 7.97. The predicted molar refractivity (Wildman–Crippen MR) is 243 cm³/mol. The molecule has 58 heavy (non-hydrogen) atoms. The fraction of sp³-hybridized carbons (Fsp3) is 0. The van der Waals surface area contributed by atoms with Crippen LogP contribution in [0.5, 0.6) is 0 Å². The number of anilines is 3. The van der Waals surface area contributed by atoms with Crippen LogP contribution in [0.4, 0.5) is 21.5 Å². The second kappa shape index (κ2) is 15.0. The van der Waals surface area contributed by atoms with Gasteiger partial charge in [0.25, 0.3) is 0 Å². The van der Waals surface area contributed by atoms with Gasteiger partial charge in [0.2, 0.25) is 0 Å². The van der Waals surface area contributed by atoms with E-state index in [0.717, 1.165) is 44.7 Å². The van der Waals surface area contributed by atoms with Crippen molar-refractivity contribution in [1.82, 2.24) is 0 Å². The van der Waals surface area contributed by atoms with Crippen LogP contribution in [-0.2, 0) is 0 Å². The van der Waals surface area contributed by atoms with Gasteiger partial charge in [0.05, 0.1) is 11.1 Å². The van der Waals surface area contributed by atoms with Gasteiger partial charge in [-0.05, 0) is 73.8 Å². The van der Waals surface area contributed by atoms with Crippen LogP contribution in [0.2, 0.25) is 0 Å². The predicted octanol–water partition coefficient (Wildman–Crippen LogP) is 11.9. The van der Waals surface area contributed by atoms with Gasteiger partial charge in [0.1, 0.15) is 11.4 Å². The first kappa shape index (κ1) is 35.2. The van der Waals surface area contributed by atoms with Gasteiger partial charge in [-0.2, -0.15) is 0 Å². The minimum absolute atomic E-state index is 0.318. The molecule has 0 radical (unpaired) electrons. The van der Waals surface area contributed by atoms with Gasteiger partial charge in [0, 0.05) is 22.3 Å².